The van der Waals surface area contributed by atoms with Crippen molar-refractivity contribution in [1.82, 2.24) is 15.1 Å². The van der Waals surface area contributed by atoms with Crippen LogP contribution in [0.15, 0.2) is 60.7 Å². The average molecular weight is 323 g/mol. The van der Waals surface area contributed by atoms with E-state index >= 15 is 0 Å². The summed E-state index contributed by atoms with van der Waals surface area (Å²) in [4.78, 5) is 28.4. The van der Waals surface area contributed by atoms with Gasteiger partial charge in [0.15, 0.2) is 0 Å². The molecule has 0 saturated carbocycles. The van der Waals surface area contributed by atoms with Gasteiger partial charge in [-0.3, -0.25) is 9.69 Å². The molecule has 3 rings (SSSR count). The van der Waals surface area contributed by atoms with E-state index in [2.05, 4.69) is 5.32 Å². The third-order valence-corrected chi connectivity index (χ3v) is 4.30. The van der Waals surface area contributed by atoms with Crippen molar-refractivity contribution in [3.63, 3.8) is 0 Å². The summed E-state index contributed by atoms with van der Waals surface area (Å²) in [5.41, 5.74) is 0.917. The molecule has 0 aliphatic carbocycles. The summed E-state index contributed by atoms with van der Waals surface area (Å²) in [7, 11) is 1.89. The summed E-state index contributed by atoms with van der Waals surface area (Å²) in [6.07, 6.45) is 0. The van der Waals surface area contributed by atoms with Gasteiger partial charge in [0.05, 0.1) is 6.67 Å². The van der Waals surface area contributed by atoms with Gasteiger partial charge in [0.2, 0.25) is 0 Å². The number of rotatable bonds is 5. The molecule has 1 unspecified atom stereocenters. The maximum atomic E-state index is 12.8. The largest absolute Gasteiger partial charge is 0.326 e. The first-order valence-electron chi connectivity index (χ1n) is 7.93. The van der Waals surface area contributed by atoms with Crippen molar-refractivity contribution in [3.8, 4) is 0 Å². The van der Waals surface area contributed by atoms with Gasteiger partial charge in [-0.15, -0.1) is 0 Å². The van der Waals surface area contributed by atoms with Gasteiger partial charge in [-0.1, -0.05) is 60.7 Å². The molecule has 0 aromatic heterocycles. The van der Waals surface area contributed by atoms with Gasteiger partial charge in [-0.25, -0.2) is 9.69 Å². The van der Waals surface area contributed by atoms with Crippen LogP contribution in [0.1, 0.15) is 18.1 Å². The Labute approximate surface area is 141 Å². The molecule has 5 heteroatoms. The number of hydrogen-bond donors (Lipinski definition) is 1. The first-order valence-corrected chi connectivity index (χ1v) is 7.93. The monoisotopic (exact) mass is 323 g/mol. The highest BCUT2D eigenvalue weighted by molar-refractivity contribution is 6.07. The SMILES string of the molecule is CN(Cc1ccccc1)CN1C(=O)NC(C)(c2ccccc2)C1=O. The zero-order valence-corrected chi connectivity index (χ0v) is 13.9. The Kier molecular flexibility index (Phi) is 4.36. The topological polar surface area (TPSA) is 52.6 Å². The number of imide groups is 1. The van der Waals surface area contributed by atoms with E-state index < -0.39 is 5.54 Å². The Balaban J connectivity index is 1.73. The van der Waals surface area contributed by atoms with E-state index in [1.165, 1.54) is 4.90 Å². The third-order valence-electron chi connectivity index (χ3n) is 4.30. The van der Waals surface area contributed by atoms with Crippen LogP contribution in [-0.2, 0) is 16.9 Å². The van der Waals surface area contributed by atoms with Crippen molar-refractivity contribution in [2.75, 3.05) is 13.7 Å². The molecule has 1 aliphatic heterocycles. The van der Waals surface area contributed by atoms with E-state index in [-0.39, 0.29) is 18.6 Å². The summed E-state index contributed by atoms with van der Waals surface area (Å²) < 4.78 is 0. The van der Waals surface area contributed by atoms with Crippen molar-refractivity contribution in [3.05, 3.63) is 71.8 Å². The first-order chi connectivity index (χ1) is 11.5. The number of urea groups is 1. The minimum Gasteiger partial charge on any atom is -0.319 e. The van der Waals surface area contributed by atoms with E-state index in [0.29, 0.717) is 6.54 Å². The fourth-order valence-corrected chi connectivity index (χ4v) is 2.98. The van der Waals surface area contributed by atoms with Gasteiger partial charge in [0.1, 0.15) is 5.54 Å². The lowest BCUT2D eigenvalue weighted by molar-refractivity contribution is -0.132. The molecule has 0 bridgehead atoms. The van der Waals surface area contributed by atoms with Crippen molar-refractivity contribution in [2.24, 2.45) is 0 Å². The summed E-state index contributed by atoms with van der Waals surface area (Å²) in [5.74, 6) is -0.224. The van der Waals surface area contributed by atoms with Crippen molar-refractivity contribution < 1.29 is 9.59 Å². The Hall–Kier alpha value is -2.66. The molecule has 5 nitrogen and oxygen atoms in total. The normalized spacial score (nSPS) is 20.5. The summed E-state index contributed by atoms with van der Waals surface area (Å²) in [6.45, 7) is 2.67. The lowest BCUT2D eigenvalue weighted by Gasteiger charge is -2.24. The minimum absolute atomic E-state index is 0.224. The van der Waals surface area contributed by atoms with Gasteiger partial charge in [0, 0.05) is 6.54 Å². The number of carbonyl (C=O) groups is 2. The molecular formula is C19H21N3O2. The Morgan fingerprint density at radius 2 is 1.58 bits per heavy atom. The van der Waals surface area contributed by atoms with Gasteiger partial charge < -0.3 is 5.32 Å². The van der Waals surface area contributed by atoms with Crippen LogP contribution >= 0.6 is 0 Å². The molecule has 1 atom stereocenters. The van der Waals surface area contributed by atoms with Crippen LogP contribution in [0.4, 0.5) is 4.79 Å². The molecule has 1 aliphatic rings. The van der Waals surface area contributed by atoms with Gasteiger partial charge in [0.25, 0.3) is 5.91 Å². The van der Waals surface area contributed by atoms with Crippen LogP contribution in [0.5, 0.6) is 0 Å². The molecular weight excluding hydrogens is 302 g/mol. The third kappa shape index (κ3) is 3.03. The number of hydrogen-bond acceptors (Lipinski definition) is 3. The molecule has 3 amide bonds. The lowest BCUT2D eigenvalue weighted by Crippen LogP contribution is -2.42. The number of amides is 3. The molecule has 1 N–H and O–H groups in total. The molecule has 2 aromatic carbocycles. The van der Waals surface area contributed by atoms with Crippen molar-refractivity contribution >= 4 is 11.9 Å². The fourth-order valence-electron chi connectivity index (χ4n) is 2.98. The molecule has 1 heterocycles. The second-order valence-corrected chi connectivity index (χ2v) is 6.30. The molecule has 1 saturated heterocycles. The van der Waals surface area contributed by atoms with E-state index in [9.17, 15) is 9.59 Å². The molecule has 1 fully saturated rings. The predicted molar refractivity (Wildman–Crippen MR) is 91.9 cm³/mol. The van der Waals surface area contributed by atoms with E-state index in [1.807, 2.05) is 72.6 Å². The predicted octanol–water partition coefficient (Wildman–Crippen LogP) is 2.54. The standard InChI is InChI=1S/C19H21N3O2/c1-19(16-11-7-4-8-12-16)17(23)22(18(24)20-19)14-21(2)13-15-9-5-3-6-10-15/h3-12H,13-14H2,1-2H3,(H,20,24). The van der Waals surface area contributed by atoms with Gasteiger partial charge in [-0.05, 0) is 25.1 Å². The van der Waals surface area contributed by atoms with Crippen LogP contribution in [0.25, 0.3) is 0 Å². The maximum absolute atomic E-state index is 12.8. The first kappa shape index (κ1) is 16.2. The molecule has 124 valence electrons. The maximum Gasteiger partial charge on any atom is 0.326 e. The Bertz CT molecular complexity index is 733. The number of benzene rings is 2. The van der Waals surface area contributed by atoms with E-state index in [4.69, 9.17) is 0 Å². The number of carbonyl (C=O) groups excluding carboxylic acids is 2. The van der Waals surface area contributed by atoms with Crippen LogP contribution < -0.4 is 5.32 Å². The Morgan fingerprint density at radius 3 is 2.21 bits per heavy atom. The molecule has 0 radical (unpaired) electrons. The van der Waals surface area contributed by atoms with Crippen LogP contribution in [0, 0.1) is 0 Å². The zero-order valence-electron chi connectivity index (χ0n) is 13.9. The van der Waals surface area contributed by atoms with E-state index in [1.54, 1.807) is 6.92 Å². The fraction of sp³-hybridized carbons (Fsp3) is 0.263. The number of nitrogens with zero attached hydrogens (tertiary/aromatic N) is 2. The highest BCUT2D eigenvalue weighted by Crippen LogP contribution is 2.28. The zero-order chi connectivity index (χ0) is 17.2. The quantitative estimate of drug-likeness (QED) is 0.860. The lowest BCUT2D eigenvalue weighted by atomic mass is 9.92. The minimum atomic E-state index is -1.01. The smallest absolute Gasteiger partial charge is 0.319 e. The van der Waals surface area contributed by atoms with Crippen molar-refractivity contribution in [1.29, 1.82) is 0 Å². The van der Waals surface area contributed by atoms with E-state index in [0.717, 1.165) is 11.1 Å². The second kappa shape index (κ2) is 6.45. The molecule has 2 aromatic rings. The second-order valence-electron chi connectivity index (χ2n) is 6.30. The van der Waals surface area contributed by atoms with Crippen LogP contribution in [0.3, 0.4) is 0 Å². The van der Waals surface area contributed by atoms with Crippen molar-refractivity contribution in [2.45, 2.75) is 19.0 Å². The van der Waals surface area contributed by atoms with Gasteiger partial charge in [-0.2, -0.15) is 0 Å². The molecule has 0 spiro atoms. The van der Waals surface area contributed by atoms with Crippen LogP contribution in [-0.4, -0.2) is 35.5 Å². The Morgan fingerprint density at radius 1 is 1.00 bits per heavy atom. The summed E-state index contributed by atoms with van der Waals surface area (Å²) in [6, 6.07) is 18.9. The van der Waals surface area contributed by atoms with Crippen LogP contribution in [0.2, 0.25) is 0 Å². The highest BCUT2D eigenvalue weighted by Gasteiger charge is 2.49. The average Bonchev–Trinajstić information content (AvgIpc) is 2.81. The summed E-state index contributed by atoms with van der Waals surface area (Å²) in [5, 5.41) is 2.83. The summed E-state index contributed by atoms with van der Waals surface area (Å²) >= 11 is 0. The highest BCUT2D eigenvalue weighted by atomic mass is 16.2. The molecule has 24 heavy (non-hydrogen) atoms. The van der Waals surface area contributed by atoms with Gasteiger partial charge >= 0.3 is 6.03 Å². The number of nitrogens with one attached hydrogen (secondary N) is 1.